The van der Waals surface area contributed by atoms with Crippen molar-refractivity contribution in [2.24, 2.45) is 22.7 Å². The summed E-state index contributed by atoms with van der Waals surface area (Å²) in [7, 11) is 0. The predicted molar refractivity (Wildman–Crippen MR) is 109 cm³/mol. The molecule has 0 aromatic rings. The third kappa shape index (κ3) is 3.39. The Morgan fingerprint density at radius 1 is 1.19 bits per heavy atom. The van der Waals surface area contributed by atoms with E-state index < -0.39 is 12.2 Å². The lowest BCUT2D eigenvalue weighted by Crippen LogP contribution is -2.39. The monoisotopic (exact) mass is 356 g/mol. The molecule has 0 bridgehead atoms. The molecule has 0 heterocycles. The number of rotatable bonds is 3. The van der Waals surface area contributed by atoms with Gasteiger partial charge in [-0.25, -0.2) is 0 Å². The van der Waals surface area contributed by atoms with Crippen LogP contribution in [0, 0.1) is 22.7 Å². The topological polar surface area (TPSA) is 40.5 Å². The minimum atomic E-state index is -0.607. The summed E-state index contributed by atoms with van der Waals surface area (Å²) in [5.74, 6) is 1.33. The van der Waals surface area contributed by atoms with Crippen molar-refractivity contribution in [1.82, 2.24) is 0 Å². The first kappa shape index (κ1) is 19.6. The fourth-order valence-corrected chi connectivity index (χ4v) is 6.07. The van der Waals surface area contributed by atoms with Crippen LogP contribution in [-0.2, 0) is 0 Å². The van der Waals surface area contributed by atoms with E-state index in [0.717, 1.165) is 11.1 Å². The summed E-state index contributed by atoms with van der Waals surface area (Å²) in [5, 5.41) is 20.0. The van der Waals surface area contributed by atoms with Gasteiger partial charge in [-0.1, -0.05) is 51.2 Å². The van der Waals surface area contributed by atoms with Gasteiger partial charge < -0.3 is 10.2 Å². The third-order valence-corrected chi connectivity index (χ3v) is 7.65. The second-order valence-electron chi connectivity index (χ2n) is 9.64. The summed E-state index contributed by atoms with van der Waals surface area (Å²) >= 11 is 0. The van der Waals surface area contributed by atoms with Gasteiger partial charge in [0.1, 0.15) is 0 Å². The molecule has 2 nitrogen and oxygen atoms in total. The number of hydrogen-bond donors (Lipinski definition) is 2. The quantitative estimate of drug-likeness (QED) is 0.670. The van der Waals surface area contributed by atoms with E-state index in [1.807, 2.05) is 0 Å². The van der Waals surface area contributed by atoms with Crippen LogP contribution in [0.25, 0.3) is 0 Å². The maximum atomic E-state index is 10.1. The number of hydrogen-bond acceptors (Lipinski definition) is 2. The normalized spacial score (nSPS) is 41.5. The van der Waals surface area contributed by atoms with Gasteiger partial charge in [0.25, 0.3) is 0 Å². The molecule has 3 aliphatic carbocycles. The van der Waals surface area contributed by atoms with Crippen molar-refractivity contribution in [2.45, 2.75) is 77.9 Å². The van der Waals surface area contributed by atoms with Crippen molar-refractivity contribution in [3.8, 4) is 0 Å². The molecule has 0 spiro atoms. The summed E-state index contributed by atoms with van der Waals surface area (Å²) in [5.41, 5.74) is 3.87. The lowest BCUT2D eigenvalue weighted by Gasteiger charge is -2.47. The zero-order valence-corrected chi connectivity index (χ0v) is 16.8. The van der Waals surface area contributed by atoms with Crippen molar-refractivity contribution in [1.29, 1.82) is 0 Å². The van der Waals surface area contributed by atoms with Crippen LogP contribution in [0.4, 0.5) is 0 Å². The number of allylic oxidation sites excluding steroid dienone is 4. The van der Waals surface area contributed by atoms with E-state index in [2.05, 4.69) is 52.2 Å². The maximum absolute atomic E-state index is 10.1. The smallest absolute Gasteiger partial charge is 0.0811 e. The summed E-state index contributed by atoms with van der Waals surface area (Å²) in [4.78, 5) is 0. The fraction of sp³-hybridized carbons (Fsp3) is 0.667. The lowest BCUT2D eigenvalue weighted by atomic mass is 9.58. The minimum absolute atomic E-state index is 0.177. The van der Waals surface area contributed by atoms with E-state index in [-0.39, 0.29) is 5.41 Å². The summed E-state index contributed by atoms with van der Waals surface area (Å²) < 4.78 is 0. The average molecular weight is 357 g/mol. The molecule has 2 N–H and O–H groups in total. The van der Waals surface area contributed by atoms with Crippen LogP contribution < -0.4 is 0 Å². The summed E-state index contributed by atoms with van der Waals surface area (Å²) in [6, 6.07) is 0. The van der Waals surface area contributed by atoms with Gasteiger partial charge in [-0.3, -0.25) is 0 Å². The second kappa shape index (κ2) is 7.13. The molecule has 0 radical (unpaired) electrons. The van der Waals surface area contributed by atoms with Gasteiger partial charge in [-0.05, 0) is 72.3 Å². The number of aliphatic hydroxyl groups excluding tert-OH is 2. The predicted octanol–water partition coefficient (Wildman–Crippen LogP) is 5.34. The van der Waals surface area contributed by atoms with Crippen LogP contribution in [0.3, 0.4) is 0 Å². The van der Waals surface area contributed by atoms with Gasteiger partial charge in [0.15, 0.2) is 0 Å². The van der Waals surface area contributed by atoms with Crippen LogP contribution >= 0.6 is 0 Å². The molecule has 3 fully saturated rings. The SMILES string of the molecule is C=CC(C)(C)[C@H]1CC[C@H]2C(=CC=C3C[C@@H](O)C[C@H](O)C3=C)CCC[C@]12C. The Morgan fingerprint density at radius 2 is 1.92 bits per heavy atom. The molecule has 3 rings (SSSR count). The van der Waals surface area contributed by atoms with Gasteiger partial charge in [0, 0.05) is 6.42 Å². The molecule has 3 aliphatic rings. The molecular formula is C24H36O2. The molecule has 0 aromatic heterocycles. The Kier molecular flexibility index (Phi) is 5.38. The van der Waals surface area contributed by atoms with Crippen molar-refractivity contribution in [2.75, 3.05) is 0 Å². The first-order valence-electron chi connectivity index (χ1n) is 10.3. The number of fused-ring (bicyclic) bond motifs is 1. The van der Waals surface area contributed by atoms with E-state index in [9.17, 15) is 10.2 Å². The van der Waals surface area contributed by atoms with Gasteiger partial charge >= 0.3 is 0 Å². The standard InChI is InChI=1S/C24H36O2/c1-6-23(3,4)22-12-11-20-17(8-7-13-24(20,22)5)9-10-18-14-19(25)15-21(26)16(18)2/h6,9-10,19-22,25-26H,1-2,7-8,11-15H2,3-5H3/t19-,20+,21+,22-,24+/m1/s1. The van der Waals surface area contributed by atoms with Crippen LogP contribution in [0.5, 0.6) is 0 Å². The van der Waals surface area contributed by atoms with E-state index in [0.29, 0.717) is 30.1 Å². The van der Waals surface area contributed by atoms with E-state index >= 15 is 0 Å². The Bertz CT molecular complexity index is 639. The Morgan fingerprint density at radius 3 is 2.62 bits per heavy atom. The highest BCUT2D eigenvalue weighted by Gasteiger charge is 2.53. The Balaban J connectivity index is 1.86. The molecule has 5 atom stereocenters. The fourth-order valence-electron chi connectivity index (χ4n) is 6.07. The van der Waals surface area contributed by atoms with Crippen molar-refractivity contribution < 1.29 is 10.2 Å². The third-order valence-electron chi connectivity index (χ3n) is 7.65. The minimum Gasteiger partial charge on any atom is -0.393 e. The van der Waals surface area contributed by atoms with Gasteiger partial charge in [-0.2, -0.15) is 0 Å². The lowest BCUT2D eigenvalue weighted by molar-refractivity contribution is 0.0719. The van der Waals surface area contributed by atoms with E-state index in [4.69, 9.17) is 0 Å². The molecule has 0 saturated heterocycles. The molecule has 3 saturated carbocycles. The summed E-state index contributed by atoms with van der Waals surface area (Å²) in [6.45, 7) is 15.3. The molecule has 0 amide bonds. The molecule has 2 heteroatoms. The Hall–Kier alpha value is -1.12. The number of aliphatic hydroxyl groups is 2. The summed E-state index contributed by atoms with van der Waals surface area (Å²) in [6.07, 6.45) is 12.8. The largest absolute Gasteiger partial charge is 0.393 e. The highest BCUT2D eigenvalue weighted by molar-refractivity contribution is 5.38. The zero-order valence-electron chi connectivity index (χ0n) is 16.8. The van der Waals surface area contributed by atoms with Crippen LogP contribution in [0.2, 0.25) is 0 Å². The van der Waals surface area contributed by atoms with Gasteiger partial charge in [0.2, 0.25) is 0 Å². The van der Waals surface area contributed by atoms with Gasteiger partial charge in [-0.15, -0.1) is 6.58 Å². The van der Waals surface area contributed by atoms with Crippen molar-refractivity contribution in [3.63, 3.8) is 0 Å². The molecule has 0 aliphatic heterocycles. The van der Waals surface area contributed by atoms with Crippen molar-refractivity contribution >= 4 is 0 Å². The van der Waals surface area contributed by atoms with E-state index in [1.165, 1.54) is 32.1 Å². The Labute approximate surface area is 159 Å². The zero-order chi connectivity index (χ0) is 19.1. The first-order valence-corrected chi connectivity index (χ1v) is 10.3. The van der Waals surface area contributed by atoms with Crippen LogP contribution in [0.15, 0.2) is 48.1 Å². The molecule has 0 unspecified atom stereocenters. The van der Waals surface area contributed by atoms with Gasteiger partial charge in [0.05, 0.1) is 12.2 Å². The molecule has 144 valence electrons. The molecular weight excluding hydrogens is 320 g/mol. The highest BCUT2D eigenvalue weighted by Crippen LogP contribution is 2.62. The highest BCUT2D eigenvalue weighted by atomic mass is 16.3. The van der Waals surface area contributed by atoms with Crippen LogP contribution in [-0.4, -0.2) is 22.4 Å². The van der Waals surface area contributed by atoms with Crippen molar-refractivity contribution in [3.05, 3.63) is 48.1 Å². The van der Waals surface area contributed by atoms with Crippen LogP contribution in [0.1, 0.15) is 65.7 Å². The molecule has 26 heavy (non-hydrogen) atoms. The maximum Gasteiger partial charge on any atom is 0.0811 e. The average Bonchev–Trinajstić information content (AvgIpc) is 2.95. The molecule has 0 aromatic carbocycles. The first-order chi connectivity index (χ1) is 12.2. The van der Waals surface area contributed by atoms with E-state index in [1.54, 1.807) is 5.57 Å². The second-order valence-corrected chi connectivity index (χ2v) is 9.64.